The Morgan fingerprint density at radius 2 is 2.00 bits per heavy atom. The van der Waals surface area contributed by atoms with Crippen molar-refractivity contribution >= 4 is 0 Å². The highest BCUT2D eigenvalue weighted by molar-refractivity contribution is 5.17. The number of hydrogen-bond acceptors (Lipinski definition) is 6. The van der Waals surface area contributed by atoms with Crippen molar-refractivity contribution in [1.82, 2.24) is 29.9 Å². The maximum Gasteiger partial charge on any atom is 0.271 e. The third-order valence-electron chi connectivity index (χ3n) is 2.29. The lowest BCUT2D eigenvalue weighted by Crippen LogP contribution is -2.09. The predicted octanol–water partition coefficient (Wildman–Crippen LogP) is 0.449. The first-order valence-electron chi connectivity index (χ1n) is 5.33. The Morgan fingerprint density at radius 1 is 1.24 bits per heavy atom. The van der Waals surface area contributed by atoms with Crippen LogP contribution in [-0.2, 0) is 12.8 Å². The van der Waals surface area contributed by atoms with Gasteiger partial charge in [0.1, 0.15) is 12.4 Å². The van der Waals surface area contributed by atoms with Crippen molar-refractivity contribution in [2.45, 2.75) is 26.7 Å². The summed E-state index contributed by atoms with van der Waals surface area (Å²) in [6.07, 6.45) is 2.98. The van der Waals surface area contributed by atoms with Crippen LogP contribution in [0.25, 0.3) is 5.95 Å². The summed E-state index contributed by atoms with van der Waals surface area (Å²) in [5.41, 5.74) is 1.78. The van der Waals surface area contributed by atoms with Gasteiger partial charge < -0.3 is 0 Å². The van der Waals surface area contributed by atoms with E-state index in [-0.39, 0.29) is 5.82 Å². The predicted molar refractivity (Wildman–Crippen MR) is 58.2 cm³/mol. The molecule has 0 saturated heterocycles. The van der Waals surface area contributed by atoms with Gasteiger partial charge in [0.05, 0.1) is 11.4 Å². The van der Waals surface area contributed by atoms with Crippen molar-refractivity contribution in [1.29, 1.82) is 5.26 Å². The minimum atomic E-state index is 0.0891. The maximum absolute atomic E-state index is 8.64. The van der Waals surface area contributed by atoms with Gasteiger partial charge in [-0.2, -0.15) is 9.94 Å². The van der Waals surface area contributed by atoms with E-state index in [1.807, 2.05) is 19.9 Å². The molecule has 0 aliphatic carbocycles. The molecule has 2 heterocycles. The van der Waals surface area contributed by atoms with Gasteiger partial charge in [0.25, 0.3) is 11.8 Å². The highest BCUT2D eigenvalue weighted by atomic mass is 15.4. The largest absolute Gasteiger partial charge is 0.271 e. The van der Waals surface area contributed by atoms with Crippen LogP contribution in [0.3, 0.4) is 0 Å². The molecule has 7 heteroatoms. The second kappa shape index (κ2) is 4.65. The Balaban J connectivity index is 2.43. The maximum atomic E-state index is 8.64. The highest BCUT2D eigenvalue weighted by Gasteiger charge is 2.09. The summed E-state index contributed by atoms with van der Waals surface area (Å²) in [4.78, 5) is 8.15. The van der Waals surface area contributed by atoms with Crippen molar-refractivity contribution in [2.75, 3.05) is 0 Å². The van der Waals surface area contributed by atoms with Crippen molar-refractivity contribution < 1.29 is 0 Å². The summed E-state index contributed by atoms with van der Waals surface area (Å²) < 4.78 is 1.35. The standard InChI is InChI=1S/C10H11N7/c1-3-7-8(4-2)14-15-10(13-7)17-6-12-9(5-11)16-17/h6H,3-4H2,1-2H3. The number of rotatable bonds is 3. The Kier molecular flexibility index (Phi) is 3.05. The number of aromatic nitrogens is 6. The van der Waals surface area contributed by atoms with Gasteiger partial charge in [-0.05, 0) is 12.8 Å². The third kappa shape index (κ3) is 2.10. The molecular weight excluding hydrogens is 218 g/mol. The van der Waals surface area contributed by atoms with E-state index in [9.17, 15) is 0 Å². The molecule has 0 fully saturated rings. The first-order chi connectivity index (χ1) is 8.28. The fourth-order valence-electron chi connectivity index (χ4n) is 1.44. The van der Waals surface area contributed by atoms with Crippen molar-refractivity contribution in [2.24, 2.45) is 0 Å². The lowest BCUT2D eigenvalue weighted by atomic mass is 10.2. The molecule has 0 unspecified atom stereocenters. The quantitative estimate of drug-likeness (QED) is 0.758. The first kappa shape index (κ1) is 11.1. The Bertz CT molecular complexity index is 566. The average Bonchev–Trinajstić information content (AvgIpc) is 2.86. The minimum absolute atomic E-state index is 0.0891. The molecule has 0 saturated carbocycles. The molecule has 7 nitrogen and oxygen atoms in total. The number of nitrogens with zero attached hydrogens (tertiary/aromatic N) is 7. The molecule has 86 valence electrons. The molecule has 17 heavy (non-hydrogen) atoms. The van der Waals surface area contributed by atoms with E-state index in [2.05, 4.69) is 25.3 Å². The zero-order valence-electron chi connectivity index (χ0n) is 9.62. The monoisotopic (exact) mass is 229 g/mol. The van der Waals surface area contributed by atoms with Gasteiger partial charge in [-0.3, -0.25) is 0 Å². The van der Waals surface area contributed by atoms with Crippen LogP contribution in [0.2, 0.25) is 0 Å². The van der Waals surface area contributed by atoms with E-state index in [0.717, 1.165) is 24.2 Å². The van der Waals surface area contributed by atoms with Crippen LogP contribution >= 0.6 is 0 Å². The Labute approximate surface area is 98.2 Å². The molecule has 0 aliphatic heterocycles. The molecular formula is C10H11N7. The normalized spacial score (nSPS) is 10.2. The van der Waals surface area contributed by atoms with Gasteiger partial charge in [0.2, 0.25) is 0 Å². The molecule has 0 aromatic carbocycles. The van der Waals surface area contributed by atoms with Gasteiger partial charge in [-0.1, -0.05) is 13.8 Å². The van der Waals surface area contributed by atoms with Crippen LogP contribution in [0.4, 0.5) is 0 Å². The molecule has 0 N–H and O–H groups in total. The lowest BCUT2D eigenvalue weighted by Gasteiger charge is -2.04. The Morgan fingerprint density at radius 3 is 2.59 bits per heavy atom. The van der Waals surface area contributed by atoms with Gasteiger partial charge in [-0.25, -0.2) is 9.97 Å². The molecule has 0 radical (unpaired) electrons. The fraction of sp³-hybridized carbons (Fsp3) is 0.400. The van der Waals surface area contributed by atoms with E-state index in [4.69, 9.17) is 5.26 Å². The van der Waals surface area contributed by atoms with E-state index >= 15 is 0 Å². The zero-order chi connectivity index (χ0) is 12.3. The van der Waals surface area contributed by atoms with E-state index in [1.165, 1.54) is 11.0 Å². The van der Waals surface area contributed by atoms with Gasteiger partial charge in [0.15, 0.2) is 0 Å². The molecule has 0 atom stereocenters. The van der Waals surface area contributed by atoms with Crippen LogP contribution < -0.4 is 0 Å². The summed E-state index contributed by atoms with van der Waals surface area (Å²) in [7, 11) is 0. The van der Waals surface area contributed by atoms with Gasteiger partial charge >= 0.3 is 0 Å². The number of aryl methyl sites for hydroxylation is 2. The smallest absolute Gasteiger partial charge is 0.213 e. The van der Waals surface area contributed by atoms with E-state index < -0.39 is 0 Å². The molecule has 0 spiro atoms. The molecule has 0 bridgehead atoms. The first-order valence-corrected chi connectivity index (χ1v) is 5.33. The second-order valence-corrected chi connectivity index (χ2v) is 3.34. The SMILES string of the molecule is CCc1nnc(-n2cnc(C#N)n2)nc1CC. The highest BCUT2D eigenvalue weighted by Crippen LogP contribution is 2.06. The number of nitriles is 1. The fourth-order valence-corrected chi connectivity index (χ4v) is 1.44. The average molecular weight is 229 g/mol. The van der Waals surface area contributed by atoms with Gasteiger partial charge in [-0.15, -0.1) is 15.3 Å². The minimum Gasteiger partial charge on any atom is -0.213 e. The topological polar surface area (TPSA) is 93.2 Å². The molecule has 2 aromatic rings. The Hall–Kier alpha value is -2.36. The summed E-state index contributed by atoms with van der Waals surface area (Å²) in [6, 6.07) is 1.85. The molecule has 2 aromatic heterocycles. The second-order valence-electron chi connectivity index (χ2n) is 3.34. The third-order valence-corrected chi connectivity index (χ3v) is 2.29. The summed E-state index contributed by atoms with van der Waals surface area (Å²) in [6.45, 7) is 4.02. The van der Waals surface area contributed by atoms with Crippen LogP contribution in [0.15, 0.2) is 6.33 Å². The van der Waals surface area contributed by atoms with Crippen LogP contribution in [0, 0.1) is 11.3 Å². The molecule has 2 rings (SSSR count). The lowest BCUT2D eigenvalue weighted by molar-refractivity contribution is 0.727. The van der Waals surface area contributed by atoms with Crippen molar-refractivity contribution in [3.63, 3.8) is 0 Å². The van der Waals surface area contributed by atoms with Gasteiger partial charge in [0, 0.05) is 0 Å². The van der Waals surface area contributed by atoms with Crippen LogP contribution in [-0.4, -0.2) is 29.9 Å². The van der Waals surface area contributed by atoms with Crippen molar-refractivity contribution in [3.8, 4) is 12.0 Å². The molecule has 0 aliphatic rings. The summed E-state index contributed by atoms with van der Waals surface area (Å²) in [5, 5.41) is 20.6. The summed E-state index contributed by atoms with van der Waals surface area (Å²) in [5.74, 6) is 0.430. The summed E-state index contributed by atoms with van der Waals surface area (Å²) >= 11 is 0. The van der Waals surface area contributed by atoms with Crippen LogP contribution in [0.5, 0.6) is 0 Å². The van der Waals surface area contributed by atoms with Crippen molar-refractivity contribution in [3.05, 3.63) is 23.5 Å². The molecule has 0 amide bonds. The van der Waals surface area contributed by atoms with E-state index in [1.54, 1.807) is 0 Å². The zero-order valence-corrected chi connectivity index (χ0v) is 9.62. The number of hydrogen-bond donors (Lipinski definition) is 0. The van der Waals surface area contributed by atoms with E-state index in [0.29, 0.717) is 5.95 Å². The van der Waals surface area contributed by atoms with Crippen LogP contribution in [0.1, 0.15) is 31.1 Å².